The summed E-state index contributed by atoms with van der Waals surface area (Å²) in [5, 5.41) is 2.94. The molecule has 0 spiro atoms. The zero-order valence-corrected chi connectivity index (χ0v) is 13.3. The lowest BCUT2D eigenvalue weighted by atomic mass is 10.1. The maximum atomic E-state index is 12.1. The summed E-state index contributed by atoms with van der Waals surface area (Å²) in [5.41, 5.74) is 0. The minimum absolute atomic E-state index is 0.0303. The van der Waals surface area contributed by atoms with Gasteiger partial charge in [-0.3, -0.25) is 14.5 Å². The highest BCUT2D eigenvalue weighted by atomic mass is 16.5. The molecule has 0 radical (unpaired) electrons. The zero-order valence-electron chi connectivity index (χ0n) is 13.3. The average Bonchev–Trinajstić information content (AvgIpc) is 2.76. The van der Waals surface area contributed by atoms with Crippen molar-refractivity contribution in [3.63, 3.8) is 0 Å². The molecule has 2 aliphatic rings. The Balaban J connectivity index is 1.72. The van der Waals surface area contributed by atoms with E-state index in [0.29, 0.717) is 25.4 Å². The smallest absolute Gasteiger partial charge is 0.225 e. The maximum absolute atomic E-state index is 12.1. The fraction of sp³-hybridized carbons (Fsp3) is 0.867. The molecule has 0 unspecified atom stereocenters. The normalized spacial score (nSPS) is 27.4. The standard InChI is InChI=1S/C15H27N3O3/c1-11(2)8-18-4-5-21-13(10-18)7-16-15(20)12-6-14(19)17(3)9-12/h11-13H,4-10H2,1-3H3,(H,16,20)/t12-,13+/m0/s1. The van der Waals surface area contributed by atoms with Gasteiger partial charge in [-0.25, -0.2) is 0 Å². The van der Waals surface area contributed by atoms with Crippen molar-refractivity contribution >= 4 is 11.8 Å². The van der Waals surface area contributed by atoms with Crippen molar-refractivity contribution in [3.05, 3.63) is 0 Å². The Morgan fingerprint density at radius 2 is 2.19 bits per heavy atom. The first kappa shape index (κ1) is 16.2. The van der Waals surface area contributed by atoms with Gasteiger partial charge in [0.05, 0.1) is 18.6 Å². The van der Waals surface area contributed by atoms with Gasteiger partial charge in [-0.15, -0.1) is 0 Å². The predicted molar refractivity (Wildman–Crippen MR) is 79.8 cm³/mol. The van der Waals surface area contributed by atoms with Gasteiger partial charge >= 0.3 is 0 Å². The number of likely N-dealkylation sites (tertiary alicyclic amines) is 1. The van der Waals surface area contributed by atoms with Crippen molar-refractivity contribution in [1.29, 1.82) is 0 Å². The summed E-state index contributed by atoms with van der Waals surface area (Å²) in [5.74, 6) is 0.445. The molecular weight excluding hydrogens is 270 g/mol. The van der Waals surface area contributed by atoms with Crippen molar-refractivity contribution in [1.82, 2.24) is 15.1 Å². The largest absolute Gasteiger partial charge is 0.374 e. The highest BCUT2D eigenvalue weighted by Crippen LogP contribution is 2.16. The average molecular weight is 297 g/mol. The summed E-state index contributed by atoms with van der Waals surface area (Å²) in [4.78, 5) is 27.5. The van der Waals surface area contributed by atoms with Crippen LogP contribution in [0.25, 0.3) is 0 Å². The third-order valence-corrected chi connectivity index (χ3v) is 4.06. The van der Waals surface area contributed by atoms with Crippen LogP contribution < -0.4 is 5.32 Å². The van der Waals surface area contributed by atoms with Gasteiger partial charge in [-0.05, 0) is 5.92 Å². The minimum atomic E-state index is -0.210. The number of morpholine rings is 1. The van der Waals surface area contributed by atoms with E-state index in [2.05, 4.69) is 24.1 Å². The Morgan fingerprint density at radius 1 is 1.43 bits per heavy atom. The van der Waals surface area contributed by atoms with Crippen LogP contribution in [0.5, 0.6) is 0 Å². The molecule has 6 nitrogen and oxygen atoms in total. The van der Waals surface area contributed by atoms with Gasteiger partial charge in [0.2, 0.25) is 11.8 Å². The number of hydrogen-bond donors (Lipinski definition) is 1. The molecule has 2 amide bonds. The van der Waals surface area contributed by atoms with E-state index in [4.69, 9.17) is 4.74 Å². The van der Waals surface area contributed by atoms with Crippen molar-refractivity contribution in [2.24, 2.45) is 11.8 Å². The lowest BCUT2D eigenvalue weighted by Gasteiger charge is -2.34. The van der Waals surface area contributed by atoms with Gasteiger partial charge < -0.3 is 15.0 Å². The third kappa shape index (κ3) is 4.68. The molecule has 2 fully saturated rings. The number of ether oxygens (including phenoxy) is 1. The fourth-order valence-electron chi connectivity index (χ4n) is 2.98. The van der Waals surface area contributed by atoms with Gasteiger partial charge in [0.25, 0.3) is 0 Å². The summed E-state index contributed by atoms with van der Waals surface area (Å²) in [6.45, 7) is 9.08. The van der Waals surface area contributed by atoms with Gasteiger partial charge in [0.1, 0.15) is 0 Å². The number of carbonyl (C=O) groups excluding carboxylic acids is 2. The second-order valence-electron chi connectivity index (χ2n) is 6.57. The van der Waals surface area contributed by atoms with Crippen LogP contribution in [0.4, 0.5) is 0 Å². The molecule has 6 heteroatoms. The van der Waals surface area contributed by atoms with Gasteiger partial charge in [0, 0.05) is 46.2 Å². The quantitative estimate of drug-likeness (QED) is 0.772. The molecule has 1 N–H and O–H groups in total. The van der Waals surface area contributed by atoms with Crippen LogP contribution in [-0.2, 0) is 14.3 Å². The molecule has 120 valence electrons. The number of amides is 2. The van der Waals surface area contributed by atoms with Crippen LogP contribution in [0, 0.1) is 11.8 Å². The minimum Gasteiger partial charge on any atom is -0.374 e. The number of rotatable bonds is 5. The predicted octanol–water partition coefficient (Wildman–Crippen LogP) is -0.0623. The summed E-state index contributed by atoms with van der Waals surface area (Å²) >= 11 is 0. The highest BCUT2D eigenvalue weighted by molar-refractivity contribution is 5.89. The Labute approximate surface area is 126 Å². The first-order chi connectivity index (χ1) is 9.95. The first-order valence-corrected chi connectivity index (χ1v) is 7.81. The molecule has 2 heterocycles. The lowest BCUT2D eigenvalue weighted by molar-refractivity contribution is -0.128. The SMILES string of the molecule is CC(C)CN1CCO[C@H](CNC(=O)[C@H]2CC(=O)N(C)C2)C1. The summed E-state index contributed by atoms with van der Waals surface area (Å²) in [7, 11) is 1.74. The van der Waals surface area contributed by atoms with Gasteiger partial charge in [-0.1, -0.05) is 13.8 Å². The van der Waals surface area contributed by atoms with Crippen LogP contribution in [-0.4, -0.2) is 74.1 Å². The monoisotopic (exact) mass is 297 g/mol. The molecule has 0 aromatic heterocycles. The highest BCUT2D eigenvalue weighted by Gasteiger charge is 2.32. The van der Waals surface area contributed by atoms with Crippen LogP contribution in [0.1, 0.15) is 20.3 Å². The summed E-state index contributed by atoms with van der Waals surface area (Å²) in [6.07, 6.45) is 0.379. The topological polar surface area (TPSA) is 61.9 Å². The van der Waals surface area contributed by atoms with E-state index in [1.54, 1.807) is 11.9 Å². The molecule has 2 atom stereocenters. The Kier molecular flexibility index (Phi) is 5.58. The van der Waals surface area contributed by atoms with E-state index in [9.17, 15) is 9.59 Å². The summed E-state index contributed by atoms with van der Waals surface area (Å²) in [6, 6.07) is 0. The van der Waals surface area contributed by atoms with E-state index in [1.165, 1.54) is 0 Å². The zero-order chi connectivity index (χ0) is 15.4. The van der Waals surface area contributed by atoms with E-state index >= 15 is 0 Å². The second kappa shape index (κ2) is 7.22. The lowest BCUT2D eigenvalue weighted by Crippen LogP contribution is -2.49. The molecule has 2 saturated heterocycles. The van der Waals surface area contributed by atoms with Gasteiger partial charge in [-0.2, -0.15) is 0 Å². The van der Waals surface area contributed by atoms with Crippen molar-refractivity contribution < 1.29 is 14.3 Å². The number of nitrogens with one attached hydrogen (secondary N) is 1. The first-order valence-electron chi connectivity index (χ1n) is 7.81. The van der Waals surface area contributed by atoms with Gasteiger partial charge in [0.15, 0.2) is 0 Å². The number of hydrogen-bond acceptors (Lipinski definition) is 4. The Morgan fingerprint density at radius 3 is 2.81 bits per heavy atom. The third-order valence-electron chi connectivity index (χ3n) is 4.06. The summed E-state index contributed by atoms with van der Waals surface area (Å²) < 4.78 is 5.71. The van der Waals surface area contributed by atoms with Crippen LogP contribution in [0.2, 0.25) is 0 Å². The molecule has 2 aliphatic heterocycles. The molecule has 0 bridgehead atoms. The van der Waals surface area contributed by atoms with Crippen molar-refractivity contribution in [3.8, 4) is 0 Å². The van der Waals surface area contributed by atoms with Crippen molar-refractivity contribution in [2.45, 2.75) is 26.4 Å². The molecule has 21 heavy (non-hydrogen) atoms. The molecule has 0 aliphatic carbocycles. The van der Waals surface area contributed by atoms with Crippen LogP contribution in [0.3, 0.4) is 0 Å². The second-order valence-corrected chi connectivity index (χ2v) is 6.57. The maximum Gasteiger partial charge on any atom is 0.225 e. The molecule has 0 aromatic carbocycles. The van der Waals surface area contributed by atoms with Crippen molar-refractivity contribution in [2.75, 3.05) is 46.4 Å². The van der Waals surface area contributed by atoms with E-state index in [1.807, 2.05) is 0 Å². The molecular formula is C15H27N3O3. The Hall–Kier alpha value is -1.14. The van der Waals surface area contributed by atoms with Crippen LogP contribution in [0.15, 0.2) is 0 Å². The molecule has 0 saturated carbocycles. The molecule has 0 aromatic rings. The number of nitrogens with zero attached hydrogens (tertiary/aromatic N) is 2. The van der Waals surface area contributed by atoms with Crippen LogP contribution >= 0.6 is 0 Å². The van der Waals surface area contributed by atoms with E-state index in [-0.39, 0.29) is 23.8 Å². The van der Waals surface area contributed by atoms with E-state index < -0.39 is 0 Å². The Bertz CT molecular complexity index is 386. The number of carbonyl (C=O) groups is 2. The molecule has 2 rings (SSSR count). The fourth-order valence-corrected chi connectivity index (χ4v) is 2.98. The van der Waals surface area contributed by atoms with E-state index in [0.717, 1.165) is 26.2 Å².